The van der Waals surface area contributed by atoms with Gasteiger partial charge in [0.1, 0.15) is 5.69 Å². The Morgan fingerprint density at radius 2 is 1.95 bits per heavy atom. The first-order valence-corrected chi connectivity index (χ1v) is 8.12. The Bertz CT molecular complexity index is 672. The summed E-state index contributed by atoms with van der Waals surface area (Å²) in [5.41, 5.74) is 0.426. The van der Waals surface area contributed by atoms with Gasteiger partial charge in [-0.2, -0.15) is 0 Å². The van der Waals surface area contributed by atoms with E-state index in [0.29, 0.717) is 5.56 Å². The van der Waals surface area contributed by atoms with Crippen molar-refractivity contribution in [1.82, 2.24) is 4.90 Å². The molecule has 0 aliphatic carbocycles. The minimum Gasteiger partial charge on any atom is -0.383 e. The Hall–Kier alpha value is -2.16. The zero-order chi connectivity index (χ0) is 15.6. The van der Waals surface area contributed by atoms with E-state index in [4.69, 9.17) is 0 Å². The lowest BCUT2D eigenvalue weighted by Gasteiger charge is -2.26. The maximum atomic E-state index is 12.3. The SMILES string of the molecule is CNc1cc(C(=O)N2CCS(=O)(=O)CC2)ccc1[N+](=O)[O-]. The fourth-order valence-corrected chi connectivity index (χ4v) is 3.33. The average Bonchev–Trinajstić information content (AvgIpc) is 2.45. The van der Waals surface area contributed by atoms with E-state index in [0.717, 1.165) is 0 Å². The molecule has 0 atom stereocenters. The predicted molar refractivity (Wildman–Crippen MR) is 77.2 cm³/mol. The number of amides is 1. The summed E-state index contributed by atoms with van der Waals surface area (Å²) in [5, 5.41) is 13.5. The van der Waals surface area contributed by atoms with Crippen LogP contribution in [0.3, 0.4) is 0 Å². The number of rotatable bonds is 3. The summed E-state index contributed by atoms with van der Waals surface area (Å²) in [7, 11) is -1.53. The van der Waals surface area contributed by atoms with Crippen LogP contribution in [-0.2, 0) is 9.84 Å². The number of nitro groups is 1. The molecule has 114 valence electrons. The summed E-state index contributed by atoms with van der Waals surface area (Å²) in [5.74, 6) is -0.425. The van der Waals surface area contributed by atoms with Gasteiger partial charge in [0.05, 0.1) is 16.4 Å². The van der Waals surface area contributed by atoms with Gasteiger partial charge in [0, 0.05) is 31.8 Å². The molecular formula is C12H15N3O5S. The molecule has 0 spiro atoms. The number of sulfone groups is 1. The quantitative estimate of drug-likeness (QED) is 0.643. The molecule has 2 rings (SSSR count). The number of nitro benzene ring substituents is 1. The topological polar surface area (TPSA) is 110 Å². The van der Waals surface area contributed by atoms with Crippen molar-refractivity contribution in [1.29, 1.82) is 0 Å². The smallest absolute Gasteiger partial charge is 0.292 e. The summed E-state index contributed by atoms with van der Waals surface area (Å²) >= 11 is 0. The third-order valence-electron chi connectivity index (χ3n) is 3.34. The number of hydrogen-bond donors (Lipinski definition) is 1. The van der Waals surface area contributed by atoms with Crippen LogP contribution in [0.2, 0.25) is 0 Å². The van der Waals surface area contributed by atoms with E-state index in [2.05, 4.69) is 5.32 Å². The van der Waals surface area contributed by atoms with Crippen LogP contribution in [0, 0.1) is 10.1 Å². The third kappa shape index (κ3) is 3.30. The van der Waals surface area contributed by atoms with Crippen molar-refractivity contribution in [3.8, 4) is 0 Å². The lowest BCUT2D eigenvalue weighted by Crippen LogP contribution is -2.43. The van der Waals surface area contributed by atoms with Crippen LogP contribution in [-0.4, -0.2) is 55.8 Å². The summed E-state index contributed by atoms with van der Waals surface area (Å²) in [6, 6.07) is 4.05. The number of anilines is 1. The van der Waals surface area contributed by atoms with Crippen molar-refractivity contribution < 1.29 is 18.1 Å². The summed E-state index contributed by atoms with van der Waals surface area (Å²) in [6.45, 7) is 0.292. The van der Waals surface area contributed by atoms with Gasteiger partial charge in [-0.05, 0) is 12.1 Å². The van der Waals surface area contributed by atoms with Gasteiger partial charge in [0.2, 0.25) is 0 Å². The summed E-state index contributed by atoms with van der Waals surface area (Å²) in [6.07, 6.45) is 0. The van der Waals surface area contributed by atoms with Gasteiger partial charge >= 0.3 is 0 Å². The van der Waals surface area contributed by atoms with E-state index in [1.165, 1.54) is 30.1 Å². The number of hydrogen-bond acceptors (Lipinski definition) is 6. The maximum absolute atomic E-state index is 12.3. The highest BCUT2D eigenvalue weighted by molar-refractivity contribution is 7.91. The largest absolute Gasteiger partial charge is 0.383 e. The van der Waals surface area contributed by atoms with E-state index in [1.807, 2.05) is 0 Å². The highest BCUT2D eigenvalue weighted by atomic mass is 32.2. The molecule has 1 aromatic carbocycles. The highest BCUT2D eigenvalue weighted by Gasteiger charge is 2.26. The van der Waals surface area contributed by atoms with E-state index >= 15 is 0 Å². The molecule has 0 bridgehead atoms. The molecule has 1 heterocycles. The number of benzene rings is 1. The number of nitrogens with zero attached hydrogens (tertiary/aromatic N) is 2. The monoisotopic (exact) mass is 313 g/mol. The maximum Gasteiger partial charge on any atom is 0.292 e. The normalized spacial score (nSPS) is 17.3. The molecule has 1 saturated heterocycles. The van der Waals surface area contributed by atoms with Crippen molar-refractivity contribution in [2.75, 3.05) is 37.0 Å². The lowest BCUT2D eigenvalue weighted by atomic mass is 10.1. The first-order chi connectivity index (χ1) is 9.84. The van der Waals surface area contributed by atoms with Gasteiger partial charge in [-0.25, -0.2) is 8.42 Å². The first-order valence-electron chi connectivity index (χ1n) is 6.30. The molecule has 1 aliphatic rings. The molecule has 8 nitrogen and oxygen atoms in total. The molecule has 0 unspecified atom stereocenters. The van der Waals surface area contributed by atoms with Crippen LogP contribution in [0.15, 0.2) is 18.2 Å². The minimum atomic E-state index is -3.06. The van der Waals surface area contributed by atoms with Gasteiger partial charge in [0.15, 0.2) is 9.84 Å². The minimum absolute atomic E-state index is 0.0510. The van der Waals surface area contributed by atoms with Gasteiger partial charge in [-0.1, -0.05) is 0 Å². The molecule has 21 heavy (non-hydrogen) atoms. The number of nitrogens with one attached hydrogen (secondary N) is 1. The second-order valence-electron chi connectivity index (χ2n) is 4.68. The second kappa shape index (κ2) is 5.68. The molecule has 9 heteroatoms. The Kier molecular flexibility index (Phi) is 4.12. The Morgan fingerprint density at radius 3 is 2.48 bits per heavy atom. The molecule has 1 aliphatic heterocycles. The summed E-state index contributed by atoms with van der Waals surface area (Å²) in [4.78, 5) is 24.0. The fraction of sp³-hybridized carbons (Fsp3) is 0.417. The zero-order valence-corrected chi connectivity index (χ0v) is 12.2. The summed E-state index contributed by atoms with van der Waals surface area (Å²) < 4.78 is 22.7. The van der Waals surface area contributed by atoms with Gasteiger partial charge in [-0.3, -0.25) is 14.9 Å². The molecule has 1 aromatic rings. The molecule has 1 N–H and O–H groups in total. The number of carbonyl (C=O) groups is 1. The molecule has 0 aromatic heterocycles. The first kappa shape index (κ1) is 15.2. The van der Waals surface area contributed by atoms with Crippen LogP contribution in [0.5, 0.6) is 0 Å². The van der Waals surface area contributed by atoms with Crippen molar-refractivity contribution in [3.05, 3.63) is 33.9 Å². The predicted octanol–water partition coefficient (Wildman–Crippen LogP) is 0.507. The Labute approximate surface area is 121 Å². The van der Waals surface area contributed by atoms with Gasteiger partial charge < -0.3 is 10.2 Å². The van der Waals surface area contributed by atoms with E-state index in [-0.39, 0.29) is 41.9 Å². The number of carbonyl (C=O) groups excluding carboxylic acids is 1. The van der Waals surface area contributed by atoms with Gasteiger partial charge in [0.25, 0.3) is 11.6 Å². The zero-order valence-electron chi connectivity index (χ0n) is 11.4. The molecule has 1 fully saturated rings. The van der Waals surface area contributed by atoms with Crippen molar-refractivity contribution in [2.24, 2.45) is 0 Å². The standard InChI is InChI=1S/C12H15N3O5S/c1-13-10-8-9(2-3-11(10)15(17)18)12(16)14-4-6-21(19,20)7-5-14/h2-3,8,13H,4-7H2,1H3. The van der Waals surface area contributed by atoms with E-state index in [9.17, 15) is 23.3 Å². The van der Waals surface area contributed by atoms with Crippen LogP contribution >= 0.6 is 0 Å². The van der Waals surface area contributed by atoms with Crippen LogP contribution < -0.4 is 5.32 Å². The highest BCUT2D eigenvalue weighted by Crippen LogP contribution is 2.25. The van der Waals surface area contributed by atoms with Crippen molar-refractivity contribution >= 4 is 27.1 Å². The second-order valence-corrected chi connectivity index (χ2v) is 6.99. The van der Waals surface area contributed by atoms with E-state index < -0.39 is 14.8 Å². The lowest BCUT2D eigenvalue weighted by molar-refractivity contribution is -0.383. The van der Waals surface area contributed by atoms with Crippen LogP contribution in [0.25, 0.3) is 0 Å². The van der Waals surface area contributed by atoms with E-state index in [1.54, 1.807) is 0 Å². The molecule has 0 saturated carbocycles. The Balaban J connectivity index is 2.22. The van der Waals surface area contributed by atoms with Crippen molar-refractivity contribution in [3.63, 3.8) is 0 Å². The fourth-order valence-electron chi connectivity index (χ4n) is 2.13. The molecule has 0 radical (unpaired) electrons. The Morgan fingerprint density at radius 1 is 1.33 bits per heavy atom. The van der Waals surface area contributed by atoms with Gasteiger partial charge in [-0.15, -0.1) is 0 Å². The average molecular weight is 313 g/mol. The molecular weight excluding hydrogens is 298 g/mol. The molecule has 1 amide bonds. The van der Waals surface area contributed by atoms with Crippen LogP contribution in [0.1, 0.15) is 10.4 Å². The third-order valence-corrected chi connectivity index (χ3v) is 4.95. The van der Waals surface area contributed by atoms with Crippen LogP contribution in [0.4, 0.5) is 11.4 Å². The van der Waals surface area contributed by atoms with Crippen molar-refractivity contribution in [2.45, 2.75) is 0 Å².